The van der Waals surface area contributed by atoms with Crippen LogP contribution in [0, 0.1) is 6.92 Å². The summed E-state index contributed by atoms with van der Waals surface area (Å²) in [5.74, 6) is 0.104. The summed E-state index contributed by atoms with van der Waals surface area (Å²) >= 11 is 12.1. The zero-order valence-corrected chi connectivity index (χ0v) is 17.4. The van der Waals surface area contributed by atoms with Gasteiger partial charge in [0.2, 0.25) is 0 Å². The summed E-state index contributed by atoms with van der Waals surface area (Å²) in [5.41, 5.74) is 4.92. The van der Waals surface area contributed by atoms with Crippen LogP contribution < -0.4 is 10.7 Å². The number of amides is 2. The topological polar surface area (TPSA) is 96.8 Å². The molecule has 0 unspecified atom stereocenters. The van der Waals surface area contributed by atoms with Crippen LogP contribution in [-0.4, -0.2) is 17.5 Å². The molecule has 2 heterocycles. The SMILES string of the molecule is Cc1c(C(=O)Nc2cc(Cl)ccc2Cl)oc2c1/C(=N/NC(=O)c1ccco1)CCC2. The number of hydrogen-bond donors (Lipinski definition) is 2. The Labute approximate surface area is 182 Å². The molecule has 2 aromatic heterocycles. The number of nitrogens with zero attached hydrogens (tertiary/aromatic N) is 1. The molecule has 1 aromatic carbocycles. The first kappa shape index (κ1) is 20.3. The van der Waals surface area contributed by atoms with Gasteiger partial charge in [-0.3, -0.25) is 9.59 Å². The Morgan fingerprint density at radius 3 is 2.73 bits per heavy atom. The molecular weight excluding hydrogens is 429 g/mol. The van der Waals surface area contributed by atoms with E-state index in [1.165, 1.54) is 6.26 Å². The Morgan fingerprint density at radius 2 is 1.97 bits per heavy atom. The molecular formula is C21H17Cl2N3O4. The molecule has 0 aliphatic heterocycles. The first-order valence-electron chi connectivity index (χ1n) is 9.23. The number of rotatable bonds is 4. The van der Waals surface area contributed by atoms with E-state index in [4.69, 9.17) is 32.0 Å². The van der Waals surface area contributed by atoms with Crippen molar-refractivity contribution < 1.29 is 18.4 Å². The third-order valence-corrected chi connectivity index (χ3v) is 5.31. The van der Waals surface area contributed by atoms with Crippen LogP contribution in [-0.2, 0) is 6.42 Å². The fourth-order valence-electron chi connectivity index (χ4n) is 3.35. The first-order valence-corrected chi connectivity index (χ1v) is 9.99. The minimum atomic E-state index is -0.450. The van der Waals surface area contributed by atoms with Crippen molar-refractivity contribution in [3.63, 3.8) is 0 Å². The van der Waals surface area contributed by atoms with Crippen molar-refractivity contribution in [2.24, 2.45) is 5.10 Å². The molecule has 2 amide bonds. The van der Waals surface area contributed by atoms with Crippen molar-refractivity contribution in [3.05, 3.63) is 75.0 Å². The lowest BCUT2D eigenvalue weighted by Gasteiger charge is -2.13. The van der Waals surface area contributed by atoms with Crippen molar-refractivity contribution in [1.82, 2.24) is 5.43 Å². The summed E-state index contributed by atoms with van der Waals surface area (Å²) < 4.78 is 10.9. The van der Waals surface area contributed by atoms with E-state index in [1.807, 2.05) is 0 Å². The molecule has 0 radical (unpaired) electrons. The number of aryl methyl sites for hydroxylation is 1. The van der Waals surface area contributed by atoms with E-state index in [-0.39, 0.29) is 11.5 Å². The molecule has 154 valence electrons. The second-order valence-corrected chi connectivity index (χ2v) is 7.61. The molecule has 0 bridgehead atoms. The Kier molecular flexibility index (Phi) is 5.65. The van der Waals surface area contributed by atoms with Gasteiger partial charge in [-0.05, 0) is 50.1 Å². The molecule has 1 aliphatic carbocycles. The van der Waals surface area contributed by atoms with E-state index in [2.05, 4.69) is 15.8 Å². The van der Waals surface area contributed by atoms with Crippen molar-refractivity contribution in [2.45, 2.75) is 26.2 Å². The lowest BCUT2D eigenvalue weighted by Crippen LogP contribution is -2.21. The first-order chi connectivity index (χ1) is 14.4. The summed E-state index contributed by atoms with van der Waals surface area (Å²) in [7, 11) is 0. The van der Waals surface area contributed by atoms with Crippen LogP contribution in [0.4, 0.5) is 5.69 Å². The van der Waals surface area contributed by atoms with E-state index < -0.39 is 11.8 Å². The molecule has 2 N–H and O–H groups in total. The Morgan fingerprint density at radius 1 is 1.13 bits per heavy atom. The maximum atomic E-state index is 12.8. The van der Waals surface area contributed by atoms with Crippen molar-refractivity contribution in [2.75, 3.05) is 5.32 Å². The second kappa shape index (κ2) is 8.38. The van der Waals surface area contributed by atoms with Gasteiger partial charge in [0.1, 0.15) is 5.76 Å². The number of benzene rings is 1. The lowest BCUT2D eigenvalue weighted by atomic mass is 9.93. The molecule has 0 saturated heterocycles. The number of anilines is 1. The predicted molar refractivity (Wildman–Crippen MR) is 114 cm³/mol. The van der Waals surface area contributed by atoms with Gasteiger partial charge in [-0.2, -0.15) is 5.10 Å². The molecule has 0 fully saturated rings. The highest BCUT2D eigenvalue weighted by atomic mass is 35.5. The second-order valence-electron chi connectivity index (χ2n) is 6.76. The fraction of sp³-hybridized carbons (Fsp3) is 0.190. The number of carbonyl (C=O) groups excluding carboxylic acids is 2. The highest BCUT2D eigenvalue weighted by Gasteiger charge is 2.28. The van der Waals surface area contributed by atoms with Gasteiger partial charge < -0.3 is 14.2 Å². The average Bonchev–Trinajstić information content (AvgIpc) is 3.38. The molecule has 4 rings (SSSR count). The fourth-order valence-corrected chi connectivity index (χ4v) is 3.69. The van der Waals surface area contributed by atoms with Crippen LogP contribution in [0.1, 0.15) is 50.8 Å². The molecule has 3 aromatic rings. The van der Waals surface area contributed by atoms with Gasteiger partial charge in [-0.1, -0.05) is 23.2 Å². The third-order valence-electron chi connectivity index (χ3n) is 4.75. The van der Waals surface area contributed by atoms with Crippen LogP contribution in [0.5, 0.6) is 0 Å². The predicted octanol–water partition coefficient (Wildman–Crippen LogP) is 5.21. The molecule has 7 nitrogen and oxygen atoms in total. The molecule has 30 heavy (non-hydrogen) atoms. The summed E-state index contributed by atoms with van der Waals surface area (Å²) in [4.78, 5) is 24.9. The zero-order chi connectivity index (χ0) is 21.3. The van der Waals surface area contributed by atoms with E-state index in [0.29, 0.717) is 45.6 Å². The van der Waals surface area contributed by atoms with E-state index in [9.17, 15) is 9.59 Å². The van der Waals surface area contributed by atoms with Gasteiger partial charge in [0, 0.05) is 22.6 Å². The van der Waals surface area contributed by atoms with E-state index in [0.717, 1.165) is 12.0 Å². The number of furan rings is 2. The van der Waals surface area contributed by atoms with Gasteiger partial charge in [0.25, 0.3) is 5.91 Å². The summed E-state index contributed by atoms with van der Waals surface area (Å²) in [5, 5.41) is 7.80. The van der Waals surface area contributed by atoms with E-state index in [1.54, 1.807) is 37.3 Å². The van der Waals surface area contributed by atoms with Gasteiger partial charge in [-0.15, -0.1) is 0 Å². The largest absolute Gasteiger partial charge is 0.459 e. The minimum absolute atomic E-state index is 0.165. The zero-order valence-electron chi connectivity index (χ0n) is 15.9. The van der Waals surface area contributed by atoms with Gasteiger partial charge >= 0.3 is 5.91 Å². The van der Waals surface area contributed by atoms with Crippen LogP contribution in [0.2, 0.25) is 10.0 Å². The molecule has 0 saturated carbocycles. The Balaban J connectivity index is 1.59. The number of nitrogens with one attached hydrogen (secondary N) is 2. The smallest absolute Gasteiger partial charge is 0.307 e. The Bertz CT molecular complexity index is 1150. The molecule has 0 atom stereocenters. The van der Waals surface area contributed by atoms with Crippen LogP contribution in [0.15, 0.2) is 50.5 Å². The van der Waals surface area contributed by atoms with Gasteiger partial charge in [0.15, 0.2) is 11.5 Å². The number of hydrazone groups is 1. The summed E-state index contributed by atoms with van der Waals surface area (Å²) in [6.07, 6.45) is 3.52. The van der Waals surface area contributed by atoms with Crippen LogP contribution >= 0.6 is 23.2 Å². The summed E-state index contributed by atoms with van der Waals surface area (Å²) in [6.45, 7) is 1.78. The maximum Gasteiger partial charge on any atom is 0.307 e. The maximum absolute atomic E-state index is 12.8. The van der Waals surface area contributed by atoms with E-state index >= 15 is 0 Å². The highest BCUT2D eigenvalue weighted by molar-refractivity contribution is 6.35. The van der Waals surface area contributed by atoms with Crippen LogP contribution in [0.25, 0.3) is 0 Å². The number of carbonyl (C=O) groups is 2. The molecule has 1 aliphatic rings. The van der Waals surface area contributed by atoms with Crippen molar-refractivity contribution in [1.29, 1.82) is 0 Å². The number of fused-ring (bicyclic) bond motifs is 1. The number of halogens is 2. The van der Waals surface area contributed by atoms with Crippen LogP contribution in [0.3, 0.4) is 0 Å². The quantitative estimate of drug-likeness (QED) is 0.538. The lowest BCUT2D eigenvalue weighted by molar-refractivity contribution is 0.0926. The third kappa shape index (κ3) is 3.99. The minimum Gasteiger partial charge on any atom is -0.459 e. The molecule has 0 spiro atoms. The normalized spacial score (nSPS) is 14.4. The monoisotopic (exact) mass is 445 g/mol. The standard InChI is InChI=1S/C21H17Cl2N3O4/c1-11-18-14(25-26-20(27)17-6-3-9-29-17)4-2-5-16(18)30-19(11)21(28)24-15-10-12(22)7-8-13(15)23/h3,6-10H,2,4-5H2,1H3,(H,24,28)(H,26,27)/b25-14+. The van der Waals surface area contributed by atoms with Crippen molar-refractivity contribution >= 4 is 46.4 Å². The van der Waals surface area contributed by atoms with Gasteiger partial charge in [0.05, 0.1) is 22.7 Å². The Hall–Kier alpha value is -3.03. The average molecular weight is 446 g/mol. The van der Waals surface area contributed by atoms with Gasteiger partial charge in [-0.25, -0.2) is 5.43 Å². The highest BCUT2D eigenvalue weighted by Crippen LogP contribution is 2.31. The van der Waals surface area contributed by atoms with Crippen molar-refractivity contribution in [3.8, 4) is 0 Å². The molecule has 9 heteroatoms. The number of hydrogen-bond acceptors (Lipinski definition) is 5. The summed E-state index contributed by atoms with van der Waals surface area (Å²) in [6, 6.07) is 7.98.